The quantitative estimate of drug-likeness (QED) is 0.790. The van der Waals surface area contributed by atoms with E-state index in [9.17, 15) is 9.59 Å². The number of aryl methyl sites for hydroxylation is 4. The summed E-state index contributed by atoms with van der Waals surface area (Å²) in [5.74, 6) is 0.560. The Morgan fingerprint density at radius 3 is 2.63 bits per heavy atom. The number of aromatic nitrogens is 3. The lowest BCUT2D eigenvalue weighted by Crippen LogP contribution is -2.49. The van der Waals surface area contributed by atoms with E-state index < -0.39 is 0 Å². The highest BCUT2D eigenvalue weighted by atomic mass is 16.5. The average Bonchev–Trinajstić information content (AvgIpc) is 3.25. The largest absolute Gasteiger partial charge is 0.361 e. The molecule has 3 heterocycles. The van der Waals surface area contributed by atoms with Crippen molar-refractivity contribution in [2.45, 2.75) is 39.7 Å². The van der Waals surface area contributed by atoms with Gasteiger partial charge in [-0.1, -0.05) is 5.16 Å². The summed E-state index contributed by atoms with van der Waals surface area (Å²) in [7, 11) is 0. The molecule has 0 N–H and O–H groups in total. The van der Waals surface area contributed by atoms with Gasteiger partial charge < -0.3 is 9.42 Å². The van der Waals surface area contributed by atoms with Gasteiger partial charge in [0, 0.05) is 38.8 Å². The third-order valence-electron chi connectivity index (χ3n) is 5.56. The normalized spacial score (nSPS) is 17.3. The fourth-order valence-corrected chi connectivity index (χ4v) is 3.96. The van der Waals surface area contributed by atoms with E-state index in [0.29, 0.717) is 36.7 Å². The lowest BCUT2D eigenvalue weighted by atomic mass is 10.1. The lowest BCUT2D eigenvalue weighted by molar-refractivity contribution is 0.0629. The summed E-state index contributed by atoms with van der Waals surface area (Å²) < 4.78 is 6.70. The molecule has 0 atom stereocenters. The summed E-state index contributed by atoms with van der Waals surface area (Å²) in [6, 6.07) is 1.75. The van der Waals surface area contributed by atoms with Crippen molar-refractivity contribution >= 4 is 5.91 Å². The van der Waals surface area contributed by atoms with Gasteiger partial charge in [-0.05, 0) is 38.7 Å². The van der Waals surface area contributed by atoms with Gasteiger partial charge in [-0.15, -0.1) is 0 Å². The molecule has 0 unspecified atom stereocenters. The van der Waals surface area contributed by atoms with E-state index in [4.69, 9.17) is 4.52 Å². The van der Waals surface area contributed by atoms with E-state index in [-0.39, 0.29) is 11.5 Å². The van der Waals surface area contributed by atoms with Crippen LogP contribution in [0.1, 0.15) is 39.5 Å². The van der Waals surface area contributed by atoms with Gasteiger partial charge >= 0.3 is 0 Å². The molecule has 0 radical (unpaired) electrons. The van der Waals surface area contributed by atoms with Crippen molar-refractivity contribution in [2.24, 2.45) is 0 Å². The van der Waals surface area contributed by atoms with Crippen molar-refractivity contribution in [3.8, 4) is 0 Å². The van der Waals surface area contributed by atoms with Crippen molar-refractivity contribution in [3.05, 3.63) is 44.7 Å². The Balaban J connectivity index is 1.33. The maximum atomic E-state index is 12.7. The Kier molecular flexibility index (Phi) is 4.82. The zero-order chi connectivity index (χ0) is 19.0. The van der Waals surface area contributed by atoms with Crippen LogP contribution in [0.25, 0.3) is 0 Å². The Hall–Kier alpha value is -2.48. The molecule has 1 fully saturated rings. The minimum atomic E-state index is -0.0117. The Bertz CT molecular complexity index is 889. The number of piperazine rings is 1. The minimum absolute atomic E-state index is 0.0112. The third kappa shape index (κ3) is 3.53. The summed E-state index contributed by atoms with van der Waals surface area (Å²) >= 11 is 0. The number of fused-ring (bicyclic) bond motifs is 1. The molecule has 0 bridgehead atoms. The van der Waals surface area contributed by atoms with Crippen molar-refractivity contribution in [1.82, 2.24) is 24.7 Å². The van der Waals surface area contributed by atoms with Gasteiger partial charge in [0.25, 0.3) is 11.5 Å². The number of carbonyl (C=O) groups excluding carboxylic acids is 1. The van der Waals surface area contributed by atoms with Gasteiger partial charge in [-0.2, -0.15) is 5.10 Å². The van der Waals surface area contributed by atoms with Crippen LogP contribution in [-0.2, 0) is 19.4 Å². The first-order chi connectivity index (χ1) is 13.0. The maximum Gasteiger partial charge on any atom is 0.267 e. The number of carbonyl (C=O) groups is 1. The topological polar surface area (TPSA) is 84.5 Å². The lowest BCUT2D eigenvalue weighted by Gasteiger charge is -2.34. The fraction of sp³-hybridized carbons (Fsp3) is 0.579. The highest BCUT2D eigenvalue weighted by Gasteiger charge is 2.26. The summed E-state index contributed by atoms with van der Waals surface area (Å²) in [6.07, 6.45) is 3.03. The van der Waals surface area contributed by atoms with Crippen LogP contribution in [-0.4, -0.2) is 63.4 Å². The highest BCUT2D eigenvalue weighted by molar-refractivity contribution is 5.96. The summed E-state index contributed by atoms with van der Waals surface area (Å²) in [6.45, 7) is 7.81. The molecule has 2 aliphatic rings. The summed E-state index contributed by atoms with van der Waals surface area (Å²) in [5.41, 5.74) is 3.40. The van der Waals surface area contributed by atoms with Gasteiger partial charge in [0.1, 0.15) is 11.3 Å². The molecule has 2 aromatic heterocycles. The zero-order valence-electron chi connectivity index (χ0n) is 15.9. The van der Waals surface area contributed by atoms with Crippen LogP contribution in [0.4, 0.5) is 0 Å². The number of amides is 1. The Morgan fingerprint density at radius 2 is 1.93 bits per heavy atom. The number of rotatable bonds is 4. The van der Waals surface area contributed by atoms with E-state index in [2.05, 4.69) is 15.2 Å². The van der Waals surface area contributed by atoms with E-state index in [1.807, 2.05) is 4.90 Å². The third-order valence-corrected chi connectivity index (χ3v) is 5.56. The standard InChI is InChI=1S/C19H25N5O3/c1-13-18(14(2)27-21-13)19(26)23-9-6-22(7-10-23)8-11-24-17(25)12-15-4-3-5-16(15)20-24/h12H,3-11H2,1-2H3. The van der Waals surface area contributed by atoms with Gasteiger partial charge in [-0.3, -0.25) is 14.5 Å². The first-order valence-corrected chi connectivity index (χ1v) is 9.57. The summed E-state index contributed by atoms with van der Waals surface area (Å²) in [4.78, 5) is 29.0. The second-order valence-corrected chi connectivity index (χ2v) is 7.36. The monoisotopic (exact) mass is 371 g/mol. The van der Waals surface area contributed by atoms with Gasteiger partial charge in [0.15, 0.2) is 0 Å². The second kappa shape index (κ2) is 7.26. The van der Waals surface area contributed by atoms with Gasteiger partial charge in [0.05, 0.1) is 17.9 Å². The smallest absolute Gasteiger partial charge is 0.267 e. The first-order valence-electron chi connectivity index (χ1n) is 9.57. The minimum Gasteiger partial charge on any atom is -0.361 e. The van der Waals surface area contributed by atoms with Gasteiger partial charge in [0.2, 0.25) is 0 Å². The van der Waals surface area contributed by atoms with Crippen LogP contribution in [0.2, 0.25) is 0 Å². The predicted molar refractivity (Wildman–Crippen MR) is 98.8 cm³/mol. The molecule has 2 aromatic rings. The van der Waals surface area contributed by atoms with Crippen molar-refractivity contribution in [2.75, 3.05) is 32.7 Å². The molecule has 0 aromatic carbocycles. The van der Waals surface area contributed by atoms with Crippen molar-refractivity contribution in [1.29, 1.82) is 0 Å². The number of hydrogen-bond acceptors (Lipinski definition) is 6. The number of nitrogens with zero attached hydrogens (tertiary/aromatic N) is 5. The highest BCUT2D eigenvalue weighted by Crippen LogP contribution is 2.18. The summed E-state index contributed by atoms with van der Waals surface area (Å²) in [5, 5.41) is 8.40. The molecule has 1 amide bonds. The van der Waals surface area contributed by atoms with Crippen LogP contribution in [0.15, 0.2) is 15.4 Å². The number of hydrogen-bond donors (Lipinski definition) is 0. The van der Waals surface area contributed by atoms with Gasteiger partial charge in [-0.25, -0.2) is 4.68 Å². The molecule has 1 aliphatic heterocycles. The molecule has 0 spiro atoms. The Labute approximate surface area is 157 Å². The molecular weight excluding hydrogens is 346 g/mol. The average molecular weight is 371 g/mol. The van der Waals surface area contributed by atoms with Crippen LogP contribution < -0.4 is 5.56 Å². The molecule has 8 nitrogen and oxygen atoms in total. The van der Waals surface area contributed by atoms with Crippen LogP contribution in [0.3, 0.4) is 0 Å². The molecule has 1 saturated heterocycles. The zero-order valence-corrected chi connectivity index (χ0v) is 15.9. The second-order valence-electron chi connectivity index (χ2n) is 7.36. The molecule has 144 valence electrons. The van der Waals surface area contributed by atoms with E-state index >= 15 is 0 Å². The maximum absolute atomic E-state index is 12.7. The van der Waals surface area contributed by atoms with E-state index in [1.54, 1.807) is 24.6 Å². The SMILES string of the molecule is Cc1noc(C)c1C(=O)N1CCN(CCn2nc3c(cc2=O)CCC3)CC1. The van der Waals surface area contributed by atoms with Crippen LogP contribution in [0.5, 0.6) is 0 Å². The molecule has 1 aliphatic carbocycles. The first kappa shape index (κ1) is 17.9. The molecule has 0 saturated carbocycles. The van der Waals surface area contributed by atoms with Crippen LogP contribution in [0, 0.1) is 13.8 Å². The van der Waals surface area contributed by atoms with E-state index in [0.717, 1.165) is 50.2 Å². The molecule has 27 heavy (non-hydrogen) atoms. The molecule has 4 rings (SSSR count). The van der Waals surface area contributed by atoms with Crippen molar-refractivity contribution in [3.63, 3.8) is 0 Å². The molecule has 8 heteroatoms. The van der Waals surface area contributed by atoms with E-state index in [1.165, 1.54) is 0 Å². The molecular formula is C19H25N5O3. The fourth-order valence-electron chi connectivity index (χ4n) is 3.96. The van der Waals surface area contributed by atoms with Crippen LogP contribution >= 0.6 is 0 Å². The van der Waals surface area contributed by atoms with Crippen molar-refractivity contribution < 1.29 is 9.32 Å². The Morgan fingerprint density at radius 1 is 1.15 bits per heavy atom. The predicted octanol–water partition coefficient (Wildman–Crippen LogP) is 0.795.